The second-order valence-electron chi connectivity index (χ2n) is 15.4. The molecule has 2 saturated heterocycles. The van der Waals surface area contributed by atoms with Crippen LogP contribution in [0.4, 0.5) is 0 Å². The highest BCUT2D eigenvalue weighted by atomic mass is 31.1. The quantitative estimate of drug-likeness (QED) is 0.338. The molecule has 0 spiro atoms. The van der Waals surface area contributed by atoms with E-state index in [0.29, 0.717) is 20.6 Å². The number of benzene rings is 2. The summed E-state index contributed by atoms with van der Waals surface area (Å²) in [6, 6.07) is 14.2. The zero-order chi connectivity index (χ0) is 27.7. The van der Waals surface area contributed by atoms with Crippen molar-refractivity contribution in [2.45, 2.75) is 147 Å². The third-order valence-electron chi connectivity index (χ3n) is 10.1. The summed E-state index contributed by atoms with van der Waals surface area (Å²) < 4.78 is 7.37. The van der Waals surface area contributed by atoms with Gasteiger partial charge in [0.15, 0.2) is 0 Å². The summed E-state index contributed by atoms with van der Waals surface area (Å²) in [7, 11) is -0.823. The Morgan fingerprint density at radius 3 is 1.13 bits per heavy atom. The van der Waals surface area contributed by atoms with Gasteiger partial charge < -0.3 is 4.74 Å². The van der Waals surface area contributed by atoms with Crippen LogP contribution in [0.5, 0.6) is 11.5 Å². The van der Waals surface area contributed by atoms with Gasteiger partial charge in [-0.3, -0.25) is 0 Å². The Labute approximate surface area is 236 Å². The lowest BCUT2D eigenvalue weighted by Crippen LogP contribution is -2.38. The predicted octanol–water partition coefficient (Wildman–Crippen LogP) is 10.6. The normalized spacial score (nSPS) is 25.8. The van der Waals surface area contributed by atoms with Gasteiger partial charge in [0.2, 0.25) is 0 Å². The molecule has 0 unspecified atom stereocenters. The smallest absolute Gasteiger partial charge is 0.139 e. The van der Waals surface area contributed by atoms with Gasteiger partial charge in [-0.1, -0.05) is 147 Å². The summed E-state index contributed by atoms with van der Waals surface area (Å²) >= 11 is 0. The van der Waals surface area contributed by atoms with Gasteiger partial charge >= 0.3 is 0 Å². The lowest BCUT2D eigenvalue weighted by molar-refractivity contribution is 0.424. The molecule has 0 N–H and O–H groups in total. The molecule has 0 bridgehead atoms. The fourth-order valence-corrected chi connectivity index (χ4v) is 17.1. The van der Waals surface area contributed by atoms with Crippen molar-refractivity contribution in [3.05, 3.63) is 47.5 Å². The molecule has 2 aromatic rings. The van der Waals surface area contributed by atoms with Crippen molar-refractivity contribution >= 4 is 26.5 Å². The van der Waals surface area contributed by atoms with Crippen LogP contribution < -0.4 is 15.3 Å². The van der Waals surface area contributed by atoms with Crippen LogP contribution in [-0.4, -0.2) is 20.6 Å². The number of hydrogen-bond acceptors (Lipinski definition) is 1. The number of hydrogen-bond donors (Lipinski definition) is 0. The molecule has 0 radical (unpaired) electrons. The van der Waals surface area contributed by atoms with E-state index in [9.17, 15) is 0 Å². The van der Waals surface area contributed by atoms with Crippen LogP contribution in [0.25, 0.3) is 0 Å². The van der Waals surface area contributed by atoms with Gasteiger partial charge in [0.25, 0.3) is 0 Å². The highest BCUT2D eigenvalue weighted by Gasteiger charge is 2.48. The number of ether oxygens (including phenoxy) is 1. The van der Waals surface area contributed by atoms with Crippen molar-refractivity contribution in [2.24, 2.45) is 0 Å². The first-order chi connectivity index (χ1) is 17.6. The summed E-state index contributed by atoms with van der Waals surface area (Å²) in [6.45, 7) is 25.2. The monoisotopic (exact) mass is 550 g/mol. The molecule has 3 aliphatic rings. The van der Waals surface area contributed by atoms with Gasteiger partial charge in [-0.15, -0.1) is 0 Å². The van der Waals surface area contributed by atoms with Crippen molar-refractivity contribution in [3.63, 3.8) is 0 Å². The van der Waals surface area contributed by atoms with E-state index >= 15 is 0 Å². The van der Waals surface area contributed by atoms with Crippen molar-refractivity contribution in [3.8, 4) is 11.5 Å². The molecular formula is C35H52OP2. The predicted molar refractivity (Wildman–Crippen MR) is 171 cm³/mol. The Hall–Kier alpha value is -0.900. The Morgan fingerprint density at radius 2 is 0.816 bits per heavy atom. The van der Waals surface area contributed by atoms with E-state index in [2.05, 4.69) is 106 Å². The highest BCUT2D eigenvalue weighted by Crippen LogP contribution is 2.68. The van der Waals surface area contributed by atoms with E-state index in [1.165, 1.54) is 84.6 Å². The Kier molecular flexibility index (Phi) is 7.22. The molecule has 0 atom stereocenters. The molecule has 1 nitrogen and oxygen atoms in total. The first-order valence-corrected chi connectivity index (χ1v) is 17.8. The van der Waals surface area contributed by atoms with Crippen LogP contribution in [0.2, 0.25) is 0 Å². The Balaban J connectivity index is 1.73. The minimum Gasteiger partial charge on any atom is -0.455 e. The molecule has 3 heterocycles. The molecule has 38 heavy (non-hydrogen) atoms. The van der Waals surface area contributed by atoms with Crippen molar-refractivity contribution < 1.29 is 4.74 Å². The molecule has 5 rings (SSSR count). The van der Waals surface area contributed by atoms with Crippen LogP contribution in [0.15, 0.2) is 36.4 Å². The molecule has 0 aliphatic carbocycles. The first-order valence-electron chi connectivity index (χ1n) is 15.2. The standard InChI is InChI=1S/C35H52OP2/c1-31(2)21-11-12-22-32(3,4)37(31)27-19-15-17-25-29(27)36-30-26(35(25,9)10)18-16-20-28(30)38-33(5,6)23-13-14-24-34(38,7)8/h15-20H,11-14,21-24H2,1-10H3. The van der Waals surface area contributed by atoms with Gasteiger partial charge in [0.05, 0.1) is 0 Å². The Morgan fingerprint density at radius 1 is 0.500 bits per heavy atom. The van der Waals surface area contributed by atoms with Gasteiger partial charge in [-0.25, -0.2) is 0 Å². The SMILES string of the molecule is CC1(C)c2cccc(P3C(C)(C)CCCCC3(C)C)c2Oc2c(P3C(C)(C)CCCCC3(C)C)cccc21. The minimum absolute atomic E-state index is 0.0835. The van der Waals surface area contributed by atoms with Crippen molar-refractivity contribution in [1.29, 1.82) is 0 Å². The van der Waals surface area contributed by atoms with E-state index in [1.807, 2.05) is 0 Å². The largest absolute Gasteiger partial charge is 0.455 e. The van der Waals surface area contributed by atoms with E-state index in [0.717, 1.165) is 0 Å². The molecule has 3 heteroatoms. The summed E-state index contributed by atoms with van der Waals surface area (Å²) in [6.07, 6.45) is 10.6. The fourth-order valence-electron chi connectivity index (χ4n) is 8.47. The van der Waals surface area contributed by atoms with Crippen LogP contribution in [0, 0.1) is 0 Å². The van der Waals surface area contributed by atoms with E-state index in [-0.39, 0.29) is 5.41 Å². The van der Waals surface area contributed by atoms with Crippen LogP contribution in [-0.2, 0) is 5.41 Å². The first kappa shape index (κ1) is 28.6. The average Bonchev–Trinajstić information content (AvgIpc) is 2.98. The lowest BCUT2D eigenvalue weighted by atomic mass is 9.76. The van der Waals surface area contributed by atoms with E-state index in [4.69, 9.17) is 4.74 Å². The number of fused-ring (bicyclic) bond motifs is 2. The van der Waals surface area contributed by atoms with Crippen LogP contribution in [0.3, 0.4) is 0 Å². The molecule has 0 amide bonds. The van der Waals surface area contributed by atoms with E-state index in [1.54, 1.807) is 0 Å². The van der Waals surface area contributed by atoms with Crippen molar-refractivity contribution in [1.82, 2.24) is 0 Å². The average molecular weight is 551 g/mol. The van der Waals surface area contributed by atoms with Gasteiger partial charge in [0, 0.05) is 27.2 Å². The maximum atomic E-state index is 7.37. The molecule has 0 aromatic heterocycles. The van der Waals surface area contributed by atoms with E-state index < -0.39 is 15.8 Å². The van der Waals surface area contributed by atoms with Crippen LogP contribution in [0.1, 0.15) is 132 Å². The fraction of sp³-hybridized carbons (Fsp3) is 0.657. The Bertz CT molecular complexity index is 1070. The summed E-state index contributed by atoms with van der Waals surface area (Å²) in [4.78, 5) is 0. The minimum atomic E-state index is -0.411. The zero-order valence-electron chi connectivity index (χ0n) is 25.9. The third kappa shape index (κ3) is 4.71. The van der Waals surface area contributed by atoms with Crippen molar-refractivity contribution in [2.75, 3.05) is 0 Å². The molecule has 2 aromatic carbocycles. The van der Waals surface area contributed by atoms with Gasteiger partial charge in [-0.2, -0.15) is 0 Å². The highest BCUT2D eigenvalue weighted by molar-refractivity contribution is 7.69. The number of rotatable bonds is 2. The maximum absolute atomic E-state index is 7.37. The number of para-hydroxylation sites is 2. The second-order valence-corrected chi connectivity index (χ2v) is 22.5. The maximum Gasteiger partial charge on any atom is 0.139 e. The second kappa shape index (κ2) is 9.59. The summed E-state index contributed by atoms with van der Waals surface area (Å²) in [5.74, 6) is 2.40. The van der Waals surface area contributed by atoms with Crippen LogP contribution >= 0.6 is 15.8 Å². The van der Waals surface area contributed by atoms with Gasteiger partial charge in [-0.05, 0) is 46.3 Å². The molecule has 2 fully saturated rings. The molecule has 3 aliphatic heterocycles. The topological polar surface area (TPSA) is 9.23 Å². The molecule has 208 valence electrons. The molecular weight excluding hydrogens is 498 g/mol. The molecule has 0 saturated carbocycles. The van der Waals surface area contributed by atoms with Gasteiger partial charge in [0.1, 0.15) is 11.5 Å². The summed E-state index contributed by atoms with van der Waals surface area (Å²) in [5.41, 5.74) is 2.68. The zero-order valence-corrected chi connectivity index (χ0v) is 27.7. The summed E-state index contributed by atoms with van der Waals surface area (Å²) in [5, 5.41) is 4.21. The third-order valence-corrected chi connectivity index (χ3v) is 17.5. The lowest BCUT2D eigenvalue weighted by Gasteiger charge is -2.47.